The van der Waals surface area contributed by atoms with Crippen molar-refractivity contribution in [2.24, 2.45) is 5.92 Å². The standard InChI is InChI=1S/C13H11ClN4.C7H11N/c1-15-12-5-6-13-16-8-11(18(13)17-12)9-3-2-4-10(14)7-9;8-6-7-4-2-1-3-5-7/h2-8H,1H3,(H,15,17);7H,1-5H2. The lowest BCUT2D eigenvalue weighted by molar-refractivity contribution is 0.427. The molecule has 0 spiro atoms. The molecule has 4 rings (SSSR count). The van der Waals surface area contributed by atoms with Crippen LogP contribution in [0.5, 0.6) is 0 Å². The number of hydrogen-bond acceptors (Lipinski definition) is 4. The average Bonchev–Trinajstić information content (AvgIpc) is 3.12. The first-order chi connectivity index (χ1) is 12.7. The zero-order chi connectivity index (χ0) is 18.4. The maximum absolute atomic E-state index is 8.44. The molecule has 0 amide bonds. The fourth-order valence-corrected chi connectivity index (χ4v) is 3.27. The van der Waals surface area contributed by atoms with E-state index in [0.29, 0.717) is 10.9 Å². The van der Waals surface area contributed by atoms with Crippen molar-refractivity contribution in [3.8, 4) is 17.3 Å². The number of aromatic nitrogens is 3. The number of benzene rings is 1. The molecule has 1 aliphatic rings. The summed E-state index contributed by atoms with van der Waals surface area (Å²) < 4.78 is 1.80. The maximum atomic E-state index is 8.44. The first kappa shape index (κ1) is 18.2. The van der Waals surface area contributed by atoms with Crippen molar-refractivity contribution in [2.45, 2.75) is 32.1 Å². The van der Waals surface area contributed by atoms with Gasteiger partial charge in [0.1, 0.15) is 5.82 Å². The molecule has 0 unspecified atom stereocenters. The van der Waals surface area contributed by atoms with Crippen LogP contribution in [0.1, 0.15) is 32.1 Å². The molecule has 26 heavy (non-hydrogen) atoms. The van der Waals surface area contributed by atoms with Crippen molar-refractivity contribution in [3.05, 3.63) is 47.6 Å². The number of imidazole rings is 1. The monoisotopic (exact) mass is 367 g/mol. The van der Waals surface area contributed by atoms with Crippen molar-refractivity contribution >= 4 is 23.1 Å². The summed E-state index contributed by atoms with van der Waals surface area (Å²) in [6.07, 6.45) is 8.00. The normalized spacial score (nSPS) is 14.3. The third-order valence-electron chi connectivity index (χ3n) is 4.53. The molecule has 3 aromatic rings. The van der Waals surface area contributed by atoms with Gasteiger partial charge in [-0.15, -0.1) is 5.10 Å². The Bertz CT molecular complexity index is 906. The Morgan fingerprint density at radius 3 is 2.65 bits per heavy atom. The van der Waals surface area contributed by atoms with Crippen LogP contribution in [0.15, 0.2) is 42.6 Å². The summed E-state index contributed by atoms with van der Waals surface area (Å²) in [5, 5.41) is 16.6. The van der Waals surface area contributed by atoms with Gasteiger partial charge in [-0.25, -0.2) is 9.50 Å². The van der Waals surface area contributed by atoms with Gasteiger partial charge in [-0.05, 0) is 37.1 Å². The lowest BCUT2D eigenvalue weighted by atomic mass is 9.91. The van der Waals surface area contributed by atoms with E-state index in [9.17, 15) is 0 Å². The molecule has 1 aliphatic carbocycles. The number of hydrogen-bond donors (Lipinski definition) is 1. The highest BCUT2D eigenvalue weighted by molar-refractivity contribution is 6.30. The first-order valence-corrected chi connectivity index (χ1v) is 9.27. The molecule has 6 heteroatoms. The van der Waals surface area contributed by atoms with Gasteiger partial charge in [-0.2, -0.15) is 5.26 Å². The zero-order valence-electron chi connectivity index (χ0n) is 14.8. The predicted molar refractivity (Wildman–Crippen MR) is 105 cm³/mol. The molecule has 1 saturated carbocycles. The van der Waals surface area contributed by atoms with Gasteiger partial charge < -0.3 is 5.32 Å². The Kier molecular flexibility index (Phi) is 6.08. The molecule has 134 valence electrons. The summed E-state index contributed by atoms with van der Waals surface area (Å²) in [5.74, 6) is 1.19. The summed E-state index contributed by atoms with van der Waals surface area (Å²) >= 11 is 6.01. The smallest absolute Gasteiger partial charge is 0.154 e. The van der Waals surface area contributed by atoms with Crippen LogP contribution in [0.4, 0.5) is 5.82 Å². The predicted octanol–water partition coefficient (Wildman–Crippen LogP) is 5.18. The van der Waals surface area contributed by atoms with Gasteiger partial charge in [0, 0.05) is 23.6 Å². The van der Waals surface area contributed by atoms with Gasteiger partial charge in [0.2, 0.25) is 0 Å². The third-order valence-corrected chi connectivity index (χ3v) is 4.76. The lowest BCUT2D eigenvalue weighted by Crippen LogP contribution is -2.02. The van der Waals surface area contributed by atoms with E-state index >= 15 is 0 Å². The quantitative estimate of drug-likeness (QED) is 0.677. The minimum Gasteiger partial charge on any atom is -0.372 e. The minimum atomic E-state index is 0.392. The van der Waals surface area contributed by atoms with Crippen LogP contribution in [0.25, 0.3) is 16.9 Å². The van der Waals surface area contributed by atoms with E-state index in [1.807, 2.05) is 43.4 Å². The van der Waals surface area contributed by atoms with Gasteiger partial charge in [0.05, 0.1) is 18.0 Å². The van der Waals surface area contributed by atoms with E-state index in [4.69, 9.17) is 16.9 Å². The van der Waals surface area contributed by atoms with Crippen LogP contribution in [0.2, 0.25) is 5.02 Å². The molecule has 0 atom stereocenters. The van der Waals surface area contributed by atoms with Crippen molar-refractivity contribution in [1.82, 2.24) is 14.6 Å². The van der Waals surface area contributed by atoms with E-state index in [2.05, 4.69) is 21.5 Å². The SMILES string of the molecule is CNc1ccc2ncc(-c3cccc(Cl)c3)n2n1.N#CC1CCCCC1. The number of nitrogens with one attached hydrogen (secondary N) is 1. The fourth-order valence-electron chi connectivity index (χ4n) is 3.08. The zero-order valence-corrected chi connectivity index (χ0v) is 15.6. The van der Waals surface area contributed by atoms with E-state index in [-0.39, 0.29) is 0 Å². The van der Waals surface area contributed by atoms with Crippen molar-refractivity contribution in [1.29, 1.82) is 5.26 Å². The molecular formula is C20H22ClN5. The molecule has 2 heterocycles. The topological polar surface area (TPSA) is 66.0 Å². The Hall–Kier alpha value is -2.58. The van der Waals surface area contributed by atoms with Crippen LogP contribution in [-0.4, -0.2) is 21.6 Å². The van der Waals surface area contributed by atoms with Crippen molar-refractivity contribution in [2.75, 3.05) is 12.4 Å². The molecule has 1 N–H and O–H groups in total. The van der Waals surface area contributed by atoms with Crippen LogP contribution >= 0.6 is 11.6 Å². The molecule has 1 fully saturated rings. The highest BCUT2D eigenvalue weighted by Crippen LogP contribution is 2.24. The highest BCUT2D eigenvalue weighted by atomic mass is 35.5. The number of nitriles is 1. The minimum absolute atomic E-state index is 0.392. The molecule has 0 radical (unpaired) electrons. The number of rotatable bonds is 2. The van der Waals surface area contributed by atoms with Gasteiger partial charge >= 0.3 is 0 Å². The number of anilines is 1. The van der Waals surface area contributed by atoms with Crippen LogP contribution < -0.4 is 5.32 Å². The Morgan fingerprint density at radius 1 is 1.19 bits per heavy atom. The molecule has 1 aromatic carbocycles. The molecule has 0 bridgehead atoms. The second-order valence-electron chi connectivity index (χ2n) is 6.36. The van der Waals surface area contributed by atoms with Crippen molar-refractivity contribution < 1.29 is 0 Å². The summed E-state index contributed by atoms with van der Waals surface area (Å²) in [4.78, 5) is 4.33. The number of fused-ring (bicyclic) bond motifs is 1. The average molecular weight is 368 g/mol. The van der Waals surface area contributed by atoms with Crippen LogP contribution in [-0.2, 0) is 0 Å². The largest absolute Gasteiger partial charge is 0.372 e. The fraction of sp³-hybridized carbons (Fsp3) is 0.350. The molecule has 0 aliphatic heterocycles. The summed E-state index contributed by atoms with van der Waals surface area (Å²) in [6.45, 7) is 0. The Morgan fingerprint density at radius 2 is 2.00 bits per heavy atom. The van der Waals surface area contributed by atoms with Crippen molar-refractivity contribution in [3.63, 3.8) is 0 Å². The van der Waals surface area contributed by atoms with Gasteiger partial charge in [0.25, 0.3) is 0 Å². The van der Waals surface area contributed by atoms with E-state index < -0.39 is 0 Å². The summed E-state index contributed by atoms with van der Waals surface area (Å²) in [7, 11) is 1.84. The van der Waals surface area contributed by atoms with Gasteiger partial charge in [-0.1, -0.05) is 43.0 Å². The molecule has 0 saturated heterocycles. The molecule has 5 nitrogen and oxygen atoms in total. The van der Waals surface area contributed by atoms with Gasteiger partial charge in [0.15, 0.2) is 5.65 Å². The van der Waals surface area contributed by atoms with E-state index in [1.54, 1.807) is 10.7 Å². The number of halogens is 1. The van der Waals surface area contributed by atoms with E-state index in [0.717, 1.165) is 35.6 Å². The second-order valence-corrected chi connectivity index (χ2v) is 6.79. The maximum Gasteiger partial charge on any atom is 0.154 e. The first-order valence-electron chi connectivity index (χ1n) is 8.89. The molecular weight excluding hydrogens is 346 g/mol. The van der Waals surface area contributed by atoms with Gasteiger partial charge in [-0.3, -0.25) is 0 Å². The summed E-state index contributed by atoms with van der Waals surface area (Å²) in [5.41, 5.74) is 2.73. The van der Waals surface area contributed by atoms with Crippen LogP contribution in [0.3, 0.4) is 0 Å². The molecule has 2 aromatic heterocycles. The number of nitrogens with zero attached hydrogens (tertiary/aromatic N) is 4. The van der Waals surface area contributed by atoms with E-state index in [1.165, 1.54) is 19.3 Å². The lowest BCUT2D eigenvalue weighted by Gasteiger charge is -2.13. The third kappa shape index (κ3) is 4.33. The van der Waals surface area contributed by atoms with Crippen LogP contribution in [0, 0.1) is 17.2 Å². The summed E-state index contributed by atoms with van der Waals surface area (Å²) in [6, 6.07) is 13.8. The second kappa shape index (κ2) is 8.68. The Balaban J connectivity index is 0.000000206. The Labute approximate surface area is 158 Å². The highest BCUT2D eigenvalue weighted by Gasteiger charge is 2.10.